The SMILES string of the molecule is C[N+](C)(C)CCNC(=O)[C@@H](N)CS.[Cl-]. The van der Waals surface area contributed by atoms with Gasteiger partial charge < -0.3 is 27.9 Å². The smallest absolute Gasteiger partial charge is 0.237 e. The molecule has 0 bridgehead atoms. The summed E-state index contributed by atoms with van der Waals surface area (Å²) >= 11 is 3.94. The molecular formula is C8H20ClN3OS. The van der Waals surface area contributed by atoms with Gasteiger partial charge in [-0.2, -0.15) is 12.6 Å². The van der Waals surface area contributed by atoms with Gasteiger partial charge in [0.2, 0.25) is 5.91 Å². The number of hydrogen-bond donors (Lipinski definition) is 3. The van der Waals surface area contributed by atoms with Crippen molar-refractivity contribution in [2.24, 2.45) is 5.73 Å². The van der Waals surface area contributed by atoms with Crippen molar-refractivity contribution < 1.29 is 21.7 Å². The number of nitrogens with one attached hydrogen (secondary N) is 1. The Morgan fingerprint density at radius 1 is 1.50 bits per heavy atom. The van der Waals surface area contributed by atoms with Crippen LogP contribution in [-0.2, 0) is 4.79 Å². The molecule has 0 aromatic rings. The maximum absolute atomic E-state index is 11.2. The number of hydrogen-bond acceptors (Lipinski definition) is 3. The zero-order valence-corrected chi connectivity index (χ0v) is 10.6. The molecule has 0 saturated carbocycles. The highest BCUT2D eigenvalue weighted by atomic mass is 35.5. The highest BCUT2D eigenvalue weighted by Crippen LogP contribution is 1.88. The Kier molecular flexibility index (Phi) is 8.63. The Morgan fingerprint density at radius 3 is 2.36 bits per heavy atom. The number of amides is 1. The van der Waals surface area contributed by atoms with E-state index in [-0.39, 0.29) is 18.3 Å². The molecule has 0 saturated heterocycles. The summed E-state index contributed by atoms with van der Waals surface area (Å²) in [5, 5.41) is 2.76. The van der Waals surface area contributed by atoms with Crippen molar-refractivity contribution in [2.45, 2.75) is 6.04 Å². The number of quaternary nitrogens is 1. The van der Waals surface area contributed by atoms with E-state index in [0.29, 0.717) is 12.3 Å². The Morgan fingerprint density at radius 2 is 2.00 bits per heavy atom. The van der Waals surface area contributed by atoms with E-state index < -0.39 is 6.04 Å². The van der Waals surface area contributed by atoms with Crippen molar-refractivity contribution in [2.75, 3.05) is 40.0 Å². The number of nitrogens with two attached hydrogens (primary N) is 1. The fraction of sp³-hybridized carbons (Fsp3) is 0.875. The van der Waals surface area contributed by atoms with E-state index in [1.165, 1.54) is 0 Å². The summed E-state index contributed by atoms with van der Waals surface area (Å²) < 4.78 is 0.830. The summed E-state index contributed by atoms with van der Waals surface area (Å²) in [5.41, 5.74) is 5.47. The van der Waals surface area contributed by atoms with Gasteiger partial charge in [-0.15, -0.1) is 0 Å². The van der Waals surface area contributed by atoms with Crippen LogP contribution in [0.2, 0.25) is 0 Å². The Bertz CT molecular complexity index is 172. The molecule has 0 heterocycles. The van der Waals surface area contributed by atoms with E-state index in [1.54, 1.807) is 0 Å². The van der Waals surface area contributed by atoms with Gasteiger partial charge in [0.1, 0.15) is 0 Å². The molecule has 86 valence electrons. The number of carbonyl (C=O) groups is 1. The monoisotopic (exact) mass is 241 g/mol. The number of likely N-dealkylation sites (N-methyl/N-ethyl adjacent to an activating group) is 1. The second kappa shape index (κ2) is 7.34. The highest BCUT2D eigenvalue weighted by Gasteiger charge is 2.12. The van der Waals surface area contributed by atoms with Crippen molar-refractivity contribution in [3.63, 3.8) is 0 Å². The standard InChI is InChI=1S/C8H19N3OS.ClH/c1-11(2,3)5-4-10-8(12)7(9)6-13;/h7H,4-6,9H2,1-3H3,(H-,10,12,13);1H/t7-;/m0./s1. The number of thiol groups is 1. The lowest BCUT2D eigenvalue weighted by Crippen LogP contribution is -3.00. The van der Waals surface area contributed by atoms with Crippen LogP contribution in [0.15, 0.2) is 0 Å². The Balaban J connectivity index is 0. The van der Waals surface area contributed by atoms with Crippen LogP contribution in [0, 0.1) is 0 Å². The first-order valence-corrected chi connectivity index (χ1v) is 4.94. The first kappa shape index (κ1) is 16.5. The molecule has 1 atom stereocenters. The highest BCUT2D eigenvalue weighted by molar-refractivity contribution is 7.80. The van der Waals surface area contributed by atoms with E-state index in [9.17, 15) is 4.79 Å². The number of carbonyl (C=O) groups excluding carboxylic acids is 1. The summed E-state index contributed by atoms with van der Waals surface area (Å²) in [5.74, 6) is 0.263. The number of halogens is 1. The van der Waals surface area contributed by atoms with E-state index in [4.69, 9.17) is 5.73 Å². The average molecular weight is 242 g/mol. The molecular weight excluding hydrogens is 222 g/mol. The minimum absolute atomic E-state index is 0. The summed E-state index contributed by atoms with van der Waals surface area (Å²) in [7, 11) is 6.22. The fourth-order valence-electron chi connectivity index (χ4n) is 0.729. The molecule has 6 heteroatoms. The fourth-order valence-corrected chi connectivity index (χ4v) is 0.894. The second-order valence-electron chi connectivity index (χ2n) is 4.09. The zero-order chi connectivity index (χ0) is 10.5. The maximum Gasteiger partial charge on any atom is 0.237 e. The minimum atomic E-state index is -0.490. The third-order valence-corrected chi connectivity index (χ3v) is 2.01. The minimum Gasteiger partial charge on any atom is -1.00 e. The summed E-state index contributed by atoms with van der Waals surface area (Å²) in [6.07, 6.45) is 0. The molecule has 0 rings (SSSR count). The largest absolute Gasteiger partial charge is 1.00 e. The number of nitrogens with zero attached hydrogens (tertiary/aromatic N) is 1. The molecule has 0 radical (unpaired) electrons. The second-order valence-corrected chi connectivity index (χ2v) is 4.46. The van der Waals surface area contributed by atoms with Crippen LogP contribution >= 0.6 is 12.6 Å². The van der Waals surface area contributed by atoms with Gasteiger partial charge in [0.25, 0.3) is 0 Å². The van der Waals surface area contributed by atoms with Crippen molar-refractivity contribution in [3.05, 3.63) is 0 Å². The lowest BCUT2D eigenvalue weighted by atomic mass is 10.3. The molecule has 0 fully saturated rings. The van der Waals surface area contributed by atoms with Crippen LogP contribution in [0.3, 0.4) is 0 Å². The molecule has 0 aliphatic rings. The summed E-state index contributed by atoms with van der Waals surface area (Å²) in [6, 6.07) is -0.490. The van der Waals surface area contributed by atoms with Crippen molar-refractivity contribution in [1.82, 2.24) is 5.32 Å². The van der Waals surface area contributed by atoms with Gasteiger partial charge in [0.05, 0.1) is 40.3 Å². The first-order chi connectivity index (χ1) is 5.87. The quantitative estimate of drug-likeness (QED) is 0.340. The molecule has 14 heavy (non-hydrogen) atoms. The van der Waals surface area contributed by atoms with E-state index >= 15 is 0 Å². The maximum atomic E-state index is 11.2. The Hall–Kier alpha value is 0.0300. The zero-order valence-electron chi connectivity index (χ0n) is 8.96. The molecule has 4 nitrogen and oxygen atoms in total. The van der Waals surface area contributed by atoms with Crippen molar-refractivity contribution >= 4 is 18.5 Å². The van der Waals surface area contributed by atoms with Gasteiger partial charge in [-0.05, 0) is 0 Å². The lowest BCUT2D eigenvalue weighted by molar-refractivity contribution is -0.869. The van der Waals surface area contributed by atoms with Gasteiger partial charge in [0, 0.05) is 5.75 Å². The number of rotatable bonds is 5. The average Bonchev–Trinajstić information content (AvgIpc) is 2.00. The third-order valence-electron chi connectivity index (χ3n) is 1.62. The molecule has 0 aromatic heterocycles. The van der Waals surface area contributed by atoms with Gasteiger partial charge in [0.15, 0.2) is 0 Å². The van der Waals surface area contributed by atoms with Crippen LogP contribution in [0.5, 0.6) is 0 Å². The van der Waals surface area contributed by atoms with Gasteiger partial charge in [-0.3, -0.25) is 4.79 Å². The molecule has 0 aromatic carbocycles. The molecule has 0 aliphatic heterocycles. The van der Waals surface area contributed by atoms with Gasteiger partial charge in [-0.25, -0.2) is 0 Å². The normalized spacial score (nSPS) is 12.9. The molecule has 0 spiro atoms. The first-order valence-electron chi connectivity index (χ1n) is 4.31. The van der Waals surface area contributed by atoms with E-state index in [2.05, 4.69) is 39.1 Å². The van der Waals surface area contributed by atoms with Crippen LogP contribution in [0.1, 0.15) is 0 Å². The van der Waals surface area contributed by atoms with Gasteiger partial charge in [-0.1, -0.05) is 0 Å². The Labute approximate surface area is 97.6 Å². The summed E-state index contributed by atoms with van der Waals surface area (Å²) in [6.45, 7) is 1.55. The van der Waals surface area contributed by atoms with Gasteiger partial charge >= 0.3 is 0 Å². The summed E-state index contributed by atoms with van der Waals surface area (Å²) in [4.78, 5) is 11.2. The van der Waals surface area contributed by atoms with Crippen molar-refractivity contribution in [1.29, 1.82) is 0 Å². The molecule has 3 N–H and O–H groups in total. The lowest BCUT2D eigenvalue weighted by Gasteiger charge is -2.24. The molecule has 0 unspecified atom stereocenters. The predicted octanol–water partition coefficient (Wildman–Crippen LogP) is -3.93. The third kappa shape index (κ3) is 8.62. The van der Waals surface area contributed by atoms with Crippen LogP contribution in [0.25, 0.3) is 0 Å². The topological polar surface area (TPSA) is 55.1 Å². The molecule has 0 aliphatic carbocycles. The van der Waals surface area contributed by atoms with Crippen molar-refractivity contribution in [3.8, 4) is 0 Å². The predicted molar refractivity (Wildman–Crippen MR) is 57.7 cm³/mol. The van der Waals surface area contributed by atoms with Crippen LogP contribution in [0.4, 0.5) is 0 Å². The molecule has 1 amide bonds. The van der Waals surface area contributed by atoms with Crippen LogP contribution < -0.4 is 23.5 Å². The van der Waals surface area contributed by atoms with Crippen LogP contribution in [-0.4, -0.2) is 56.4 Å². The van der Waals surface area contributed by atoms with E-state index in [1.807, 2.05) is 0 Å². The van der Waals surface area contributed by atoms with E-state index in [0.717, 1.165) is 11.0 Å².